The van der Waals surface area contributed by atoms with E-state index in [9.17, 15) is 9.59 Å². The number of carbonyl (C=O) groups excluding carboxylic acids is 2. The van der Waals surface area contributed by atoms with Crippen LogP contribution in [-0.4, -0.2) is 46.3 Å². The van der Waals surface area contributed by atoms with Crippen molar-refractivity contribution in [3.05, 3.63) is 66.0 Å². The third-order valence-corrected chi connectivity index (χ3v) is 4.93. The molecule has 28 heavy (non-hydrogen) atoms. The van der Waals surface area contributed by atoms with Crippen LogP contribution in [0.3, 0.4) is 0 Å². The monoisotopic (exact) mass is 375 g/mol. The van der Waals surface area contributed by atoms with Crippen LogP contribution in [0, 0.1) is 0 Å². The molecule has 0 spiro atoms. The Kier molecular flexibility index (Phi) is 4.89. The van der Waals surface area contributed by atoms with E-state index in [0.717, 1.165) is 16.3 Å². The van der Waals surface area contributed by atoms with Gasteiger partial charge in [-0.25, -0.2) is 9.97 Å². The highest BCUT2D eigenvalue weighted by molar-refractivity contribution is 5.94. The first-order valence-corrected chi connectivity index (χ1v) is 9.19. The lowest BCUT2D eigenvalue weighted by Crippen LogP contribution is -2.37. The zero-order valence-corrected chi connectivity index (χ0v) is 15.6. The summed E-state index contributed by atoms with van der Waals surface area (Å²) in [6, 6.07) is 14.0. The largest absolute Gasteiger partial charge is 0.357 e. The molecule has 7 nitrogen and oxygen atoms in total. The fourth-order valence-electron chi connectivity index (χ4n) is 3.50. The van der Waals surface area contributed by atoms with E-state index in [0.29, 0.717) is 31.0 Å². The molecule has 1 aromatic heterocycles. The predicted octanol–water partition coefficient (Wildman–Crippen LogP) is 2.20. The lowest BCUT2D eigenvalue weighted by Gasteiger charge is -2.18. The fourth-order valence-corrected chi connectivity index (χ4v) is 3.50. The number of amides is 2. The maximum Gasteiger partial charge on any atom is 0.254 e. The Balaban J connectivity index is 1.43. The van der Waals surface area contributed by atoms with Crippen molar-refractivity contribution in [3.8, 4) is 0 Å². The molecule has 1 saturated heterocycles. The minimum Gasteiger partial charge on any atom is -0.357 e. The molecule has 2 N–H and O–H groups in total. The molecule has 142 valence electrons. The van der Waals surface area contributed by atoms with Gasteiger partial charge in [-0.05, 0) is 16.3 Å². The molecule has 0 unspecified atom stereocenters. The lowest BCUT2D eigenvalue weighted by atomic mass is 10.0. The van der Waals surface area contributed by atoms with E-state index >= 15 is 0 Å². The average Bonchev–Trinajstić information content (AvgIpc) is 3.07. The number of fused-ring (bicyclic) bond motifs is 1. The number of nitrogens with zero attached hydrogens (tertiary/aromatic N) is 3. The zero-order valence-electron chi connectivity index (χ0n) is 15.6. The first-order valence-electron chi connectivity index (χ1n) is 9.19. The predicted molar refractivity (Wildman–Crippen MR) is 107 cm³/mol. The van der Waals surface area contributed by atoms with Crippen molar-refractivity contribution >= 4 is 28.5 Å². The van der Waals surface area contributed by atoms with E-state index in [2.05, 4.69) is 38.8 Å². The molecule has 3 aromatic rings. The van der Waals surface area contributed by atoms with E-state index in [1.54, 1.807) is 11.9 Å². The third kappa shape index (κ3) is 3.64. The van der Waals surface area contributed by atoms with Crippen molar-refractivity contribution in [1.82, 2.24) is 20.2 Å². The number of rotatable bonds is 5. The normalized spacial score (nSPS) is 16.4. The number of anilines is 1. The Morgan fingerprint density at radius 1 is 1.14 bits per heavy atom. The molecular formula is C21H21N5O2. The standard InChI is InChI=1S/C21H21N5O2/c1-22-21-23-10-16(11-24-21)20(28)25-17-9-19(27)26(13-17)12-15-7-4-6-14-5-2-3-8-18(14)15/h2-8,10-11,17H,9,12-13H2,1H3,(H,25,28)(H,22,23,24)/t17-/m1/s1. The summed E-state index contributed by atoms with van der Waals surface area (Å²) in [5.41, 5.74) is 1.48. The van der Waals surface area contributed by atoms with Gasteiger partial charge < -0.3 is 15.5 Å². The third-order valence-electron chi connectivity index (χ3n) is 4.93. The number of aromatic nitrogens is 2. The van der Waals surface area contributed by atoms with Gasteiger partial charge in [0.05, 0.1) is 11.6 Å². The summed E-state index contributed by atoms with van der Waals surface area (Å²) in [5.74, 6) is 0.223. The van der Waals surface area contributed by atoms with Crippen molar-refractivity contribution in [2.24, 2.45) is 0 Å². The van der Waals surface area contributed by atoms with Gasteiger partial charge in [0.25, 0.3) is 5.91 Å². The average molecular weight is 375 g/mol. The van der Waals surface area contributed by atoms with Crippen LogP contribution in [0.4, 0.5) is 5.95 Å². The number of nitrogens with one attached hydrogen (secondary N) is 2. The Labute approximate surface area is 162 Å². The minimum absolute atomic E-state index is 0.0417. The van der Waals surface area contributed by atoms with Crippen LogP contribution in [0.5, 0.6) is 0 Å². The van der Waals surface area contributed by atoms with E-state index in [1.807, 2.05) is 24.3 Å². The highest BCUT2D eigenvalue weighted by Gasteiger charge is 2.31. The molecule has 1 atom stereocenters. The summed E-state index contributed by atoms with van der Waals surface area (Å²) in [5, 5.41) is 8.02. The second-order valence-electron chi connectivity index (χ2n) is 6.83. The number of hydrogen-bond donors (Lipinski definition) is 2. The molecule has 4 rings (SSSR count). The maximum atomic E-state index is 12.5. The van der Waals surface area contributed by atoms with Crippen molar-refractivity contribution in [2.45, 2.75) is 19.0 Å². The SMILES string of the molecule is CNc1ncc(C(=O)N[C@@H]2CC(=O)N(Cc3cccc4ccccc34)C2)cn1. The van der Waals surface area contributed by atoms with E-state index in [4.69, 9.17) is 0 Å². The molecule has 1 aliphatic heterocycles. The highest BCUT2D eigenvalue weighted by Crippen LogP contribution is 2.22. The van der Waals surface area contributed by atoms with E-state index < -0.39 is 0 Å². The summed E-state index contributed by atoms with van der Waals surface area (Å²) in [4.78, 5) is 34.8. The minimum atomic E-state index is -0.271. The first kappa shape index (κ1) is 17.9. The maximum absolute atomic E-state index is 12.5. The fraction of sp³-hybridized carbons (Fsp3) is 0.238. The van der Waals surface area contributed by atoms with Crippen LogP contribution < -0.4 is 10.6 Å². The van der Waals surface area contributed by atoms with Gasteiger partial charge in [0.15, 0.2) is 0 Å². The number of benzene rings is 2. The Morgan fingerprint density at radius 2 is 1.89 bits per heavy atom. The molecule has 2 aromatic carbocycles. The Bertz CT molecular complexity index is 1010. The quantitative estimate of drug-likeness (QED) is 0.714. The van der Waals surface area contributed by atoms with Gasteiger partial charge in [-0.1, -0.05) is 42.5 Å². The summed E-state index contributed by atoms with van der Waals surface area (Å²) < 4.78 is 0. The van der Waals surface area contributed by atoms with Gasteiger partial charge in [0.2, 0.25) is 11.9 Å². The summed E-state index contributed by atoms with van der Waals surface area (Å²) >= 11 is 0. The number of carbonyl (C=O) groups is 2. The molecular weight excluding hydrogens is 354 g/mol. The summed E-state index contributed by atoms with van der Waals surface area (Å²) in [6.07, 6.45) is 3.24. The van der Waals surface area contributed by atoms with Crippen molar-refractivity contribution in [3.63, 3.8) is 0 Å². The van der Waals surface area contributed by atoms with Crippen LogP contribution >= 0.6 is 0 Å². The van der Waals surface area contributed by atoms with Gasteiger partial charge in [-0.15, -0.1) is 0 Å². The van der Waals surface area contributed by atoms with Crippen LogP contribution in [0.15, 0.2) is 54.9 Å². The molecule has 1 aliphatic rings. The van der Waals surface area contributed by atoms with Gasteiger partial charge >= 0.3 is 0 Å². The van der Waals surface area contributed by atoms with Crippen LogP contribution in [-0.2, 0) is 11.3 Å². The van der Waals surface area contributed by atoms with Crippen molar-refractivity contribution in [2.75, 3.05) is 18.9 Å². The van der Waals surface area contributed by atoms with Crippen molar-refractivity contribution < 1.29 is 9.59 Å². The van der Waals surface area contributed by atoms with Gasteiger partial charge in [-0.2, -0.15) is 0 Å². The second kappa shape index (κ2) is 7.64. The molecule has 7 heteroatoms. The van der Waals surface area contributed by atoms with Crippen molar-refractivity contribution in [1.29, 1.82) is 0 Å². The van der Waals surface area contributed by atoms with E-state index in [1.165, 1.54) is 12.4 Å². The zero-order chi connectivity index (χ0) is 19.5. The molecule has 0 saturated carbocycles. The summed E-state index contributed by atoms with van der Waals surface area (Å²) in [7, 11) is 1.71. The molecule has 2 heterocycles. The van der Waals surface area contributed by atoms with Crippen LogP contribution in [0.1, 0.15) is 22.3 Å². The second-order valence-corrected chi connectivity index (χ2v) is 6.83. The lowest BCUT2D eigenvalue weighted by molar-refractivity contribution is -0.128. The smallest absolute Gasteiger partial charge is 0.254 e. The van der Waals surface area contributed by atoms with Gasteiger partial charge in [0, 0.05) is 39.0 Å². The summed E-state index contributed by atoms with van der Waals surface area (Å²) in [6.45, 7) is 1.02. The Hall–Kier alpha value is -3.48. The molecule has 0 radical (unpaired) electrons. The molecule has 0 bridgehead atoms. The first-order chi connectivity index (χ1) is 13.6. The van der Waals surface area contributed by atoms with Crippen LogP contribution in [0.25, 0.3) is 10.8 Å². The van der Waals surface area contributed by atoms with E-state index in [-0.39, 0.29) is 17.9 Å². The van der Waals surface area contributed by atoms with Gasteiger partial charge in [-0.3, -0.25) is 9.59 Å². The number of likely N-dealkylation sites (tertiary alicyclic amines) is 1. The van der Waals surface area contributed by atoms with Crippen LogP contribution in [0.2, 0.25) is 0 Å². The highest BCUT2D eigenvalue weighted by atomic mass is 16.2. The molecule has 2 amide bonds. The number of hydrogen-bond acceptors (Lipinski definition) is 5. The Morgan fingerprint density at radius 3 is 2.68 bits per heavy atom. The topological polar surface area (TPSA) is 87.2 Å². The molecule has 0 aliphatic carbocycles. The molecule has 1 fully saturated rings. The van der Waals surface area contributed by atoms with Gasteiger partial charge in [0.1, 0.15) is 0 Å².